The predicted molar refractivity (Wildman–Crippen MR) is 101 cm³/mol. The van der Waals surface area contributed by atoms with E-state index in [1.807, 2.05) is 6.07 Å². The molecule has 1 aliphatic carbocycles. The molecule has 1 aliphatic rings. The smallest absolute Gasteiger partial charge is 0.191 e. The van der Waals surface area contributed by atoms with Crippen molar-refractivity contribution in [3.8, 4) is 11.8 Å². The minimum atomic E-state index is -0.466. The monoisotopic (exact) mass is 376 g/mol. The van der Waals surface area contributed by atoms with E-state index in [4.69, 9.17) is 25.6 Å². The molecule has 0 saturated carbocycles. The first-order valence-electron chi connectivity index (χ1n) is 8.77. The van der Waals surface area contributed by atoms with Gasteiger partial charge in [0, 0.05) is 18.2 Å². The third-order valence-electron chi connectivity index (χ3n) is 4.84. The summed E-state index contributed by atoms with van der Waals surface area (Å²) in [7, 11) is 0. The second-order valence-electron chi connectivity index (χ2n) is 6.62. The largest absolute Gasteiger partial charge is 0.486 e. The molecule has 0 bridgehead atoms. The van der Waals surface area contributed by atoms with Crippen LogP contribution in [0.4, 0.5) is 10.1 Å². The lowest BCUT2D eigenvalue weighted by Gasteiger charge is -2.16. The molecule has 28 heavy (non-hydrogen) atoms. The van der Waals surface area contributed by atoms with Gasteiger partial charge in [-0.3, -0.25) is 5.41 Å². The fourth-order valence-corrected chi connectivity index (χ4v) is 3.43. The number of nitrogens with zero attached hydrogens (tertiary/aromatic N) is 2. The number of fused-ring (bicyclic) bond motifs is 1. The summed E-state index contributed by atoms with van der Waals surface area (Å²) < 4.78 is 25.8. The molecule has 1 atom stereocenters. The molecule has 0 radical (unpaired) electrons. The predicted octanol–water partition coefficient (Wildman–Crippen LogP) is 4.06. The van der Waals surface area contributed by atoms with Crippen LogP contribution in [-0.2, 0) is 6.42 Å². The molecule has 0 fully saturated rings. The van der Waals surface area contributed by atoms with Crippen LogP contribution in [0.1, 0.15) is 46.4 Å². The van der Waals surface area contributed by atoms with Gasteiger partial charge in [-0.2, -0.15) is 5.26 Å². The number of oxazole rings is 1. The van der Waals surface area contributed by atoms with Crippen molar-refractivity contribution in [3.63, 3.8) is 0 Å². The van der Waals surface area contributed by atoms with Gasteiger partial charge in [-0.05, 0) is 48.2 Å². The van der Waals surface area contributed by atoms with Crippen LogP contribution in [0.5, 0.6) is 5.75 Å². The molecule has 3 N–H and O–H groups in total. The fraction of sp³-hybridized carbons (Fsp3) is 0.190. The second-order valence-corrected chi connectivity index (χ2v) is 6.62. The van der Waals surface area contributed by atoms with Crippen LogP contribution in [0.25, 0.3) is 0 Å². The Bertz CT molecular complexity index is 1130. The van der Waals surface area contributed by atoms with E-state index >= 15 is 0 Å². The van der Waals surface area contributed by atoms with Crippen LogP contribution in [0.2, 0.25) is 0 Å². The first kappa shape index (κ1) is 17.7. The van der Waals surface area contributed by atoms with Crippen molar-refractivity contribution < 1.29 is 13.5 Å². The van der Waals surface area contributed by atoms with Gasteiger partial charge >= 0.3 is 0 Å². The number of rotatable bonds is 4. The van der Waals surface area contributed by atoms with E-state index in [0.29, 0.717) is 47.1 Å². The van der Waals surface area contributed by atoms with E-state index < -0.39 is 5.82 Å². The molecule has 1 heterocycles. The van der Waals surface area contributed by atoms with Crippen LogP contribution in [0, 0.1) is 29.5 Å². The maximum Gasteiger partial charge on any atom is 0.191 e. The van der Waals surface area contributed by atoms with E-state index in [1.165, 1.54) is 12.3 Å². The average Bonchev–Trinajstić information content (AvgIpc) is 3.30. The third kappa shape index (κ3) is 2.99. The van der Waals surface area contributed by atoms with Gasteiger partial charge in [-0.15, -0.1) is 0 Å². The molecule has 7 heteroatoms. The minimum Gasteiger partial charge on any atom is -0.486 e. The minimum absolute atomic E-state index is 0.0463. The van der Waals surface area contributed by atoms with Gasteiger partial charge in [0.25, 0.3) is 0 Å². The average molecular weight is 376 g/mol. The Balaban J connectivity index is 1.62. The Morgan fingerprint density at radius 1 is 1.39 bits per heavy atom. The molecule has 4 rings (SSSR count). The van der Waals surface area contributed by atoms with Crippen LogP contribution in [0.15, 0.2) is 40.9 Å². The number of halogens is 1. The Kier molecular flexibility index (Phi) is 4.32. The topological polar surface area (TPSA) is 109 Å². The first-order chi connectivity index (χ1) is 13.5. The highest BCUT2D eigenvalue weighted by Gasteiger charge is 2.28. The van der Waals surface area contributed by atoms with Crippen molar-refractivity contribution in [1.29, 1.82) is 10.7 Å². The maximum absolute atomic E-state index is 14.4. The number of hydrogen-bond acceptors (Lipinski definition) is 6. The van der Waals surface area contributed by atoms with Gasteiger partial charge in [0.15, 0.2) is 11.7 Å². The highest BCUT2D eigenvalue weighted by atomic mass is 19.1. The molecule has 0 aliphatic heterocycles. The van der Waals surface area contributed by atoms with Crippen LogP contribution in [0.3, 0.4) is 0 Å². The summed E-state index contributed by atoms with van der Waals surface area (Å²) in [4.78, 5) is 4.01. The molecule has 6 nitrogen and oxygen atoms in total. The number of nitrogen functional groups attached to an aromatic ring is 1. The van der Waals surface area contributed by atoms with Crippen molar-refractivity contribution in [1.82, 2.24) is 4.98 Å². The van der Waals surface area contributed by atoms with Crippen molar-refractivity contribution in [2.45, 2.75) is 25.9 Å². The Labute approximate surface area is 160 Å². The molecule has 0 saturated heterocycles. The molecule has 0 spiro atoms. The fourth-order valence-electron chi connectivity index (χ4n) is 3.43. The first-order valence-corrected chi connectivity index (χ1v) is 8.77. The second kappa shape index (κ2) is 6.82. The number of benzene rings is 2. The van der Waals surface area contributed by atoms with Gasteiger partial charge in [0.2, 0.25) is 0 Å². The summed E-state index contributed by atoms with van der Waals surface area (Å²) in [6.07, 6.45) is 2.28. The Morgan fingerprint density at radius 2 is 2.21 bits per heavy atom. The number of nitriles is 1. The highest BCUT2D eigenvalue weighted by Crippen LogP contribution is 2.37. The van der Waals surface area contributed by atoms with Crippen molar-refractivity contribution in [3.05, 3.63) is 76.3 Å². The van der Waals surface area contributed by atoms with E-state index in [2.05, 4.69) is 4.98 Å². The van der Waals surface area contributed by atoms with Gasteiger partial charge in [-0.1, -0.05) is 6.07 Å². The van der Waals surface area contributed by atoms with Crippen molar-refractivity contribution >= 4 is 11.4 Å². The molecular weight excluding hydrogens is 359 g/mol. The van der Waals surface area contributed by atoms with Gasteiger partial charge in [0.1, 0.15) is 29.5 Å². The van der Waals surface area contributed by atoms with E-state index in [-0.39, 0.29) is 17.4 Å². The van der Waals surface area contributed by atoms with Crippen LogP contribution in [-0.4, -0.2) is 10.7 Å². The van der Waals surface area contributed by atoms with E-state index in [1.54, 1.807) is 31.2 Å². The number of ether oxygens (including phenoxy) is 1. The molecule has 140 valence electrons. The number of nitrogens with one attached hydrogen (secondary N) is 1. The molecule has 3 aromatic rings. The standard InChI is InChI=1S/C21H17FN4O2/c1-11-26-10-19(27-11)21(25)16-8-13(3-6-17(16)24)28-18-7-5-15-14(18)4-2-12(9-23)20(15)22/h2-4,6,8,10,18,25H,5,7,24H2,1H3. The number of nitrogens with two attached hydrogens (primary N) is 1. The molecular formula is C21H17FN4O2. The number of aromatic nitrogens is 1. The molecule has 2 aromatic carbocycles. The lowest BCUT2D eigenvalue weighted by molar-refractivity contribution is 0.207. The lowest BCUT2D eigenvalue weighted by Crippen LogP contribution is -2.08. The Hall–Kier alpha value is -3.66. The molecule has 0 amide bonds. The summed E-state index contributed by atoms with van der Waals surface area (Å²) in [6, 6.07) is 10.1. The van der Waals surface area contributed by atoms with Crippen LogP contribution < -0.4 is 10.5 Å². The van der Waals surface area contributed by atoms with Gasteiger partial charge < -0.3 is 14.9 Å². The van der Waals surface area contributed by atoms with Crippen molar-refractivity contribution in [2.24, 2.45) is 0 Å². The zero-order chi connectivity index (χ0) is 19.8. The van der Waals surface area contributed by atoms with Gasteiger partial charge in [0.05, 0.1) is 11.8 Å². The number of aryl methyl sites for hydroxylation is 1. The quantitative estimate of drug-likeness (QED) is 0.527. The van der Waals surface area contributed by atoms with E-state index in [0.717, 1.165) is 5.56 Å². The highest BCUT2D eigenvalue weighted by molar-refractivity contribution is 6.12. The zero-order valence-electron chi connectivity index (χ0n) is 15.1. The van der Waals surface area contributed by atoms with Gasteiger partial charge in [-0.25, -0.2) is 9.37 Å². The molecule has 1 unspecified atom stereocenters. The normalized spacial score (nSPS) is 15.1. The summed E-state index contributed by atoms with van der Waals surface area (Å²) in [6.45, 7) is 1.70. The summed E-state index contributed by atoms with van der Waals surface area (Å²) >= 11 is 0. The number of anilines is 1. The van der Waals surface area contributed by atoms with E-state index in [9.17, 15) is 4.39 Å². The summed E-state index contributed by atoms with van der Waals surface area (Å²) in [5, 5.41) is 17.3. The zero-order valence-corrected chi connectivity index (χ0v) is 15.1. The third-order valence-corrected chi connectivity index (χ3v) is 4.84. The molecule has 1 aromatic heterocycles. The maximum atomic E-state index is 14.4. The SMILES string of the molecule is Cc1ncc(C(=N)c2cc(OC3CCc4c3ccc(C#N)c4F)ccc2N)o1. The van der Waals surface area contributed by atoms with Crippen molar-refractivity contribution in [2.75, 3.05) is 5.73 Å². The summed E-state index contributed by atoms with van der Waals surface area (Å²) in [5.74, 6) is 0.838. The van der Waals surface area contributed by atoms with Crippen LogP contribution >= 0.6 is 0 Å². The lowest BCUT2D eigenvalue weighted by atomic mass is 10.0. The Morgan fingerprint density at radius 3 is 2.93 bits per heavy atom. The number of hydrogen-bond donors (Lipinski definition) is 2. The summed E-state index contributed by atoms with van der Waals surface area (Å²) in [5.41, 5.74) is 8.36.